The van der Waals surface area contributed by atoms with E-state index in [-0.39, 0.29) is 0 Å². The molecule has 2 unspecified atom stereocenters. The molecule has 17 heavy (non-hydrogen) atoms. The summed E-state index contributed by atoms with van der Waals surface area (Å²) in [6.45, 7) is 4.51. The lowest BCUT2D eigenvalue weighted by Crippen LogP contribution is -2.29. The average molecular weight is 242 g/mol. The minimum absolute atomic E-state index is 0.295. The largest absolute Gasteiger partial charge is 0.381 e. The molecule has 0 aromatic rings. The molecule has 4 nitrogen and oxygen atoms in total. The Hall–Kier alpha value is -0.160. The van der Waals surface area contributed by atoms with Crippen LogP contribution < -0.4 is 11.1 Å². The number of hydrogen-bond acceptors (Lipinski definition) is 4. The topological polar surface area (TPSA) is 56.5 Å². The summed E-state index contributed by atoms with van der Waals surface area (Å²) in [6, 6.07) is 0. The Bertz CT molecular complexity index is 210. The molecule has 1 saturated carbocycles. The Morgan fingerprint density at radius 2 is 2.00 bits per heavy atom. The molecule has 2 aliphatic rings. The fourth-order valence-corrected chi connectivity index (χ4v) is 2.20. The van der Waals surface area contributed by atoms with Gasteiger partial charge in [0.15, 0.2) is 0 Å². The van der Waals surface area contributed by atoms with Crippen LogP contribution in [0.3, 0.4) is 0 Å². The molecule has 2 fully saturated rings. The molecule has 0 radical (unpaired) electrons. The molecular formula is C13H26N2O2. The molecule has 0 aromatic heterocycles. The van der Waals surface area contributed by atoms with Gasteiger partial charge in [0, 0.05) is 26.3 Å². The summed E-state index contributed by atoms with van der Waals surface area (Å²) in [5, 5.41) is 3.43. The highest BCUT2D eigenvalue weighted by Gasteiger charge is 2.23. The van der Waals surface area contributed by atoms with Crippen LogP contribution in [0.2, 0.25) is 0 Å². The van der Waals surface area contributed by atoms with Crippen LogP contribution >= 0.6 is 0 Å². The zero-order valence-corrected chi connectivity index (χ0v) is 10.7. The molecule has 1 aliphatic heterocycles. The van der Waals surface area contributed by atoms with Crippen molar-refractivity contribution >= 4 is 0 Å². The maximum Gasteiger partial charge on any atom is 0.0704 e. The second-order valence-electron chi connectivity index (χ2n) is 5.27. The highest BCUT2D eigenvalue weighted by Crippen LogP contribution is 2.28. The van der Waals surface area contributed by atoms with Gasteiger partial charge in [-0.3, -0.25) is 0 Å². The summed E-state index contributed by atoms with van der Waals surface area (Å²) in [5.74, 6) is 0.878. The standard InChI is InChI=1S/C13H26N2O2/c14-8-12-4-5-13(17-12)9-15-6-1-7-16-10-11-2-3-11/h11-13,15H,1-10,14H2. The smallest absolute Gasteiger partial charge is 0.0704 e. The predicted molar refractivity (Wildman–Crippen MR) is 68.0 cm³/mol. The van der Waals surface area contributed by atoms with Gasteiger partial charge in [-0.2, -0.15) is 0 Å². The summed E-state index contributed by atoms with van der Waals surface area (Å²) < 4.78 is 11.3. The van der Waals surface area contributed by atoms with Crippen molar-refractivity contribution in [2.24, 2.45) is 11.7 Å². The van der Waals surface area contributed by atoms with Crippen LogP contribution in [0.1, 0.15) is 32.1 Å². The van der Waals surface area contributed by atoms with E-state index < -0.39 is 0 Å². The first-order valence-corrected chi connectivity index (χ1v) is 7.02. The van der Waals surface area contributed by atoms with Gasteiger partial charge in [-0.05, 0) is 44.6 Å². The van der Waals surface area contributed by atoms with Crippen LogP contribution in [0.25, 0.3) is 0 Å². The zero-order chi connectivity index (χ0) is 11.9. The first-order valence-electron chi connectivity index (χ1n) is 7.02. The Labute approximate surface area is 104 Å². The first kappa shape index (κ1) is 13.3. The van der Waals surface area contributed by atoms with Crippen molar-refractivity contribution in [1.29, 1.82) is 0 Å². The quantitative estimate of drug-likeness (QED) is 0.590. The van der Waals surface area contributed by atoms with E-state index in [1.165, 1.54) is 12.8 Å². The molecule has 1 saturated heterocycles. The molecule has 0 amide bonds. The maximum atomic E-state index is 5.76. The van der Waals surface area contributed by atoms with Gasteiger partial charge in [0.1, 0.15) is 0 Å². The molecule has 1 aliphatic carbocycles. The molecule has 1 heterocycles. The monoisotopic (exact) mass is 242 g/mol. The fraction of sp³-hybridized carbons (Fsp3) is 1.00. The van der Waals surface area contributed by atoms with E-state index in [9.17, 15) is 0 Å². The van der Waals surface area contributed by atoms with Gasteiger partial charge in [0.05, 0.1) is 12.2 Å². The molecule has 0 aromatic carbocycles. The SMILES string of the molecule is NCC1CCC(CNCCCOCC2CC2)O1. The van der Waals surface area contributed by atoms with Crippen molar-refractivity contribution in [3.05, 3.63) is 0 Å². The number of nitrogens with one attached hydrogen (secondary N) is 1. The lowest BCUT2D eigenvalue weighted by atomic mass is 10.2. The number of ether oxygens (including phenoxy) is 2. The van der Waals surface area contributed by atoms with Gasteiger partial charge in [-0.25, -0.2) is 0 Å². The van der Waals surface area contributed by atoms with Crippen LogP contribution in [0.5, 0.6) is 0 Å². The first-order chi connectivity index (χ1) is 8.38. The Morgan fingerprint density at radius 1 is 1.18 bits per heavy atom. The third-order valence-electron chi connectivity index (χ3n) is 3.52. The van der Waals surface area contributed by atoms with Crippen molar-refractivity contribution in [1.82, 2.24) is 5.32 Å². The molecule has 0 bridgehead atoms. The summed E-state index contributed by atoms with van der Waals surface area (Å²) in [7, 11) is 0. The molecule has 4 heteroatoms. The van der Waals surface area contributed by atoms with Gasteiger partial charge in [0.2, 0.25) is 0 Å². The summed E-state index contributed by atoms with van der Waals surface area (Å²) in [6.07, 6.45) is 6.78. The van der Waals surface area contributed by atoms with Crippen molar-refractivity contribution in [2.75, 3.05) is 32.8 Å². The van der Waals surface area contributed by atoms with Crippen molar-refractivity contribution in [3.8, 4) is 0 Å². The molecule has 3 N–H and O–H groups in total. The number of rotatable bonds is 9. The molecule has 2 rings (SSSR count). The third kappa shape index (κ3) is 5.34. The van der Waals surface area contributed by atoms with Gasteiger partial charge < -0.3 is 20.5 Å². The van der Waals surface area contributed by atoms with E-state index in [1.807, 2.05) is 0 Å². The van der Waals surface area contributed by atoms with E-state index in [0.29, 0.717) is 18.8 Å². The second-order valence-corrected chi connectivity index (χ2v) is 5.27. The second kappa shape index (κ2) is 7.31. The van der Waals surface area contributed by atoms with Gasteiger partial charge >= 0.3 is 0 Å². The maximum absolute atomic E-state index is 5.76. The van der Waals surface area contributed by atoms with Gasteiger partial charge in [0.25, 0.3) is 0 Å². The van der Waals surface area contributed by atoms with Gasteiger partial charge in [-0.1, -0.05) is 0 Å². The van der Waals surface area contributed by atoms with Crippen molar-refractivity contribution in [3.63, 3.8) is 0 Å². The van der Waals surface area contributed by atoms with E-state index in [4.69, 9.17) is 15.2 Å². The number of nitrogens with two attached hydrogens (primary N) is 1. The molecule has 100 valence electrons. The van der Waals surface area contributed by atoms with E-state index in [0.717, 1.165) is 51.5 Å². The van der Waals surface area contributed by atoms with Crippen LogP contribution in [-0.2, 0) is 9.47 Å². The van der Waals surface area contributed by atoms with Crippen LogP contribution in [0.15, 0.2) is 0 Å². The molecule has 0 spiro atoms. The van der Waals surface area contributed by atoms with E-state index in [1.54, 1.807) is 0 Å². The van der Waals surface area contributed by atoms with Crippen LogP contribution in [-0.4, -0.2) is 45.1 Å². The molecule has 2 atom stereocenters. The lowest BCUT2D eigenvalue weighted by molar-refractivity contribution is 0.0499. The molecular weight excluding hydrogens is 216 g/mol. The fourth-order valence-electron chi connectivity index (χ4n) is 2.20. The Morgan fingerprint density at radius 3 is 2.71 bits per heavy atom. The van der Waals surface area contributed by atoms with E-state index >= 15 is 0 Å². The van der Waals surface area contributed by atoms with Crippen molar-refractivity contribution < 1.29 is 9.47 Å². The minimum atomic E-state index is 0.295. The van der Waals surface area contributed by atoms with Crippen LogP contribution in [0.4, 0.5) is 0 Å². The number of hydrogen-bond donors (Lipinski definition) is 2. The third-order valence-corrected chi connectivity index (χ3v) is 3.52. The predicted octanol–water partition coefficient (Wildman–Crippen LogP) is 0.899. The highest BCUT2D eigenvalue weighted by atomic mass is 16.5. The van der Waals surface area contributed by atoms with Gasteiger partial charge in [-0.15, -0.1) is 0 Å². The zero-order valence-electron chi connectivity index (χ0n) is 10.7. The van der Waals surface area contributed by atoms with E-state index in [2.05, 4.69) is 5.32 Å². The lowest BCUT2D eigenvalue weighted by Gasteiger charge is -2.13. The van der Waals surface area contributed by atoms with Crippen LogP contribution in [0, 0.1) is 5.92 Å². The summed E-state index contributed by atoms with van der Waals surface area (Å²) in [5.41, 5.74) is 5.57. The summed E-state index contributed by atoms with van der Waals surface area (Å²) >= 11 is 0. The van der Waals surface area contributed by atoms with Crippen molar-refractivity contribution in [2.45, 2.75) is 44.3 Å². The summed E-state index contributed by atoms with van der Waals surface area (Å²) in [4.78, 5) is 0. The Kier molecular flexibility index (Phi) is 5.71. The highest BCUT2D eigenvalue weighted by molar-refractivity contribution is 4.75. The normalized spacial score (nSPS) is 28.8. The minimum Gasteiger partial charge on any atom is -0.381 e. The average Bonchev–Trinajstić information content (AvgIpc) is 3.05. The Balaban J connectivity index is 1.36.